The van der Waals surface area contributed by atoms with Crippen LogP contribution in [0, 0.1) is 0 Å². The molecule has 0 amide bonds. The van der Waals surface area contributed by atoms with E-state index in [4.69, 9.17) is 18.6 Å². The number of hydrogen-bond acceptors (Lipinski definition) is 5. The molecule has 1 heterocycles. The number of rotatable bonds is 15. The van der Waals surface area contributed by atoms with Gasteiger partial charge >= 0.3 is 5.63 Å². The Morgan fingerprint density at radius 2 is 1.25 bits per heavy atom. The van der Waals surface area contributed by atoms with E-state index in [9.17, 15) is 4.79 Å². The second-order valence-corrected chi connectivity index (χ2v) is 7.26. The third kappa shape index (κ3) is 8.29. The fraction of sp³-hybridized carbons (Fsp3) is 0.444. The van der Waals surface area contributed by atoms with Crippen LogP contribution in [0.1, 0.15) is 59.3 Å². The minimum Gasteiger partial charge on any atom is -0.493 e. The molecule has 0 fully saturated rings. The number of ether oxygens (including phenoxy) is 3. The monoisotopic (exact) mass is 440 g/mol. The molecule has 0 N–H and O–H groups in total. The van der Waals surface area contributed by atoms with E-state index in [-0.39, 0.29) is 5.75 Å². The fourth-order valence-electron chi connectivity index (χ4n) is 3.05. The maximum Gasteiger partial charge on any atom is 0.383 e. The topological polar surface area (TPSA) is 57.9 Å². The summed E-state index contributed by atoms with van der Waals surface area (Å²) in [7, 11) is 0. The first kappa shape index (κ1) is 25.3. The summed E-state index contributed by atoms with van der Waals surface area (Å²) in [6, 6.07) is 5.46. The average Bonchev–Trinajstić information content (AvgIpc) is 2.79. The van der Waals surface area contributed by atoms with E-state index in [1.54, 1.807) is 6.07 Å². The molecule has 2 rings (SSSR count). The molecule has 32 heavy (non-hydrogen) atoms. The van der Waals surface area contributed by atoms with Crippen molar-refractivity contribution >= 4 is 11.0 Å². The minimum atomic E-state index is -0.542. The van der Waals surface area contributed by atoms with E-state index in [0.29, 0.717) is 48.7 Å². The van der Waals surface area contributed by atoms with Crippen molar-refractivity contribution in [3.63, 3.8) is 0 Å². The summed E-state index contributed by atoms with van der Waals surface area (Å²) in [6.07, 6.45) is 17.7. The minimum absolute atomic E-state index is 0.125. The van der Waals surface area contributed by atoms with Crippen LogP contribution >= 0.6 is 0 Å². The number of allylic oxidation sites excluding steroid dienone is 3. The van der Waals surface area contributed by atoms with Gasteiger partial charge in [-0.25, -0.2) is 4.79 Å². The van der Waals surface area contributed by atoms with Gasteiger partial charge in [0, 0.05) is 6.07 Å². The second kappa shape index (κ2) is 15.0. The highest BCUT2D eigenvalue weighted by atomic mass is 16.5. The first-order valence-electron chi connectivity index (χ1n) is 11.6. The Morgan fingerprint density at radius 1 is 0.719 bits per heavy atom. The zero-order valence-electron chi connectivity index (χ0n) is 19.6. The molecule has 1 aromatic heterocycles. The molecule has 0 spiro atoms. The van der Waals surface area contributed by atoms with E-state index in [0.717, 1.165) is 32.1 Å². The van der Waals surface area contributed by atoms with Gasteiger partial charge in [-0.15, -0.1) is 0 Å². The lowest BCUT2D eigenvalue weighted by Crippen LogP contribution is -2.11. The van der Waals surface area contributed by atoms with E-state index < -0.39 is 5.63 Å². The van der Waals surface area contributed by atoms with Gasteiger partial charge < -0.3 is 18.6 Å². The van der Waals surface area contributed by atoms with Gasteiger partial charge in [-0.3, -0.25) is 0 Å². The van der Waals surface area contributed by atoms with Crippen LogP contribution in [0.15, 0.2) is 63.9 Å². The highest BCUT2D eigenvalue weighted by Gasteiger charge is 2.18. The van der Waals surface area contributed by atoms with Crippen LogP contribution in [0.2, 0.25) is 0 Å². The lowest BCUT2D eigenvalue weighted by Gasteiger charge is -2.14. The molecular formula is C27H36O5. The molecule has 0 bridgehead atoms. The van der Waals surface area contributed by atoms with E-state index in [2.05, 4.69) is 51.2 Å². The molecule has 174 valence electrons. The third-order valence-corrected chi connectivity index (χ3v) is 4.61. The summed E-state index contributed by atoms with van der Waals surface area (Å²) < 4.78 is 23.2. The Morgan fingerprint density at radius 3 is 1.81 bits per heavy atom. The molecular weight excluding hydrogens is 404 g/mol. The number of fused-ring (bicyclic) bond motifs is 1. The molecule has 0 aliphatic rings. The Labute approximate surface area is 191 Å². The van der Waals surface area contributed by atoms with Crippen molar-refractivity contribution in [2.24, 2.45) is 0 Å². The van der Waals surface area contributed by atoms with Gasteiger partial charge in [-0.2, -0.15) is 0 Å². The van der Waals surface area contributed by atoms with Crippen LogP contribution in [0.25, 0.3) is 11.0 Å². The zero-order chi connectivity index (χ0) is 23.0. The van der Waals surface area contributed by atoms with Crippen LogP contribution in [0.5, 0.6) is 17.2 Å². The van der Waals surface area contributed by atoms with E-state index >= 15 is 0 Å². The van der Waals surface area contributed by atoms with Crippen molar-refractivity contribution < 1.29 is 18.6 Å². The molecule has 5 nitrogen and oxygen atoms in total. The highest BCUT2D eigenvalue weighted by molar-refractivity contribution is 5.86. The summed E-state index contributed by atoms with van der Waals surface area (Å²) in [6.45, 7) is 7.66. The molecule has 1 aromatic carbocycles. The maximum absolute atomic E-state index is 12.7. The quantitative estimate of drug-likeness (QED) is 0.170. The van der Waals surface area contributed by atoms with Crippen LogP contribution < -0.4 is 19.8 Å². The van der Waals surface area contributed by atoms with Crippen molar-refractivity contribution in [2.75, 3.05) is 19.8 Å². The molecule has 0 saturated heterocycles. The van der Waals surface area contributed by atoms with Gasteiger partial charge in [0.1, 0.15) is 11.3 Å². The Balaban J connectivity index is 2.24. The van der Waals surface area contributed by atoms with Gasteiger partial charge in [0.05, 0.1) is 25.2 Å². The lowest BCUT2D eigenvalue weighted by atomic mass is 10.2. The summed E-state index contributed by atoms with van der Waals surface area (Å²) >= 11 is 0. The summed E-state index contributed by atoms with van der Waals surface area (Å²) in [5, 5.41) is 0.696. The van der Waals surface area contributed by atoms with Gasteiger partial charge in [-0.1, -0.05) is 57.2 Å². The van der Waals surface area contributed by atoms with Gasteiger partial charge in [0.15, 0.2) is 5.75 Å². The SMILES string of the molecule is CCC=CCCOc1ccc2c(OCCC=CCC)c(OCCC=CCC)c(=O)oc2c1. The number of benzene rings is 1. The normalized spacial score (nSPS) is 11.8. The molecule has 0 aliphatic carbocycles. The Hall–Kier alpha value is -2.95. The largest absolute Gasteiger partial charge is 0.493 e. The fourth-order valence-corrected chi connectivity index (χ4v) is 3.05. The molecule has 2 aromatic rings. The van der Waals surface area contributed by atoms with Crippen molar-refractivity contribution in [1.29, 1.82) is 0 Å². The Bertz CT molecular complexity index is 952. The summed E-state index contributed by atoms with van der Waals surface area (Å²) in [5.41, 5.74) is -0.118. The summed E-state index contributed by atoms with van der Waals surface area (Å²) in [5.74, 6) is 1.21. The van der Waals surface area contributed by atoms with E-state index in [1.807, 2.05) is 18.2 Å². The predicted octanol–water partition coefficient (Wildman–Crippen LogP) is 7.00. The maximum atomic E-state index is 12.7. The average molecular weight is 441 g/mol. The van der Waals surface area contributed by atoms with Gasteiger partial charge in [0.2, 0.25) is 5.75 Å². The van der Waals surface area contributed by atoms with Crippen LogP contribution in [0.4, 0.5) is 0 Å². The molecule has 0 unspecified atom stereocenters. The molecule has 0 atom stereocenters. The zero-order valence-corrected chi connectivity index (χ0v) is 19.6. The standard InChI is InChI=1S/C27H36O5/c1-4-7-10-13-18-29-22-16-17-23-24(21-22)32-27(28)26(31-20-15-12-9-6-3)25(23)30-19-14-11-8-5-2/h7-12,16-17,21H,4-6,13-15,18-20H2,1-3H3. The third-order valence-electron chi connectivity index (χ3n) is 4.61. The number of hydrogen-bond donors (Lipinski definition) is 0. The smallest absolute Gasteiger partial charge is 0.383 e. The van der Waals surface area contributed by atoms with Crippen molar-refractivity contribution in [3.05, 3.63) is 65.1 Å². The predicted molar refractivity (Wildman–Crippen MR) is 131 cm³/mol. The highest BCUT2D eigenvalue weighted by Crippen LogP contribution is 2.35. The Kier molecular flexibility index (Phi) is 11.8. The lowest BCUT2D eigenvalue weighted by molar-refractivity contribution is 0.265. The van der Waals surface area contributed by atoms with Crippen molar-refractivity contribution in [2.45, 2.75) is 59.3 Å². The first-order valence-corrected chi connectivity index (χ1v) is 11.6. The van der Waals surface area contributed by atoms with Gasteiger partial charge in [0.25, 0.3) is 0 Å². The van der Waals surface area contributed by atoms with Crippen molar-refractivity contribution in [3.8, 4) is 17.2 Å². The summed E-state index contributed by atoms with van der Waals surface area (Å²) in [4.78, 5) is 12.7. The molecule has 0 saturated carbocycles. The van der Waals surface area contributed by atoms with Gasteiger partial charge in [-0.05, 0) is 50.7 Å². The van der Waals surface area contributed by atoms with Crippen molar-refractivity contribution in [1.82, 2.24) is 0 Å². The van der Waals surface area contributed by atoms with Crippen LogP contribution in [0.3, 0.4) is 0 Å². The molecule has 0 aliphatic heterocycles. The van der Waals surface area contributed by atoms with Crippen LogP contribution in [-0.2, 0) is 0 Å². The first-order chi connectivity index (χ1) is 15.7. The second-order valence-electron chi connectivity index (χ2n) is 7.26. The molecule has 0 radical (unpaired) electrons. The molecule has 5 heteroatoms. The van der Waals surface area contributed by atoms with E-state index in [1.165, 1.54) is 0 Å². The van der Waals surface area contributed by atoms with Crippen LogP contribution in [-0.4, -0.2) is 19.8 Å².